The minimum atomic E-state index is -0.435. The molecular weight excluding hydrogens is 96.0 g/mol. The van der Waals surface area contributed by atoms with Crippen molar-refractivity contribution < 1.29 is 14.6 Å². The maximum absolute atomic E-state index is 9.99. The van der Waals surface area contributed by atoms with Crippen molar-refractivity contribution >= 4 is 5.97 Å². The van der Waals surface area contributed by atoms with Crippen LogP contribution in [-0.2, 0) is 9.53 Å². The molecule has 0 heterocycles. The minimum absolute atomic E-state index is 0.0174. The monoisotopic (exact) mass is 103 g/mol. The van der Waals surface area contributed by atoms with E-state index in [9.17, 15) is 9.90 Å². The third kappa shape index (κ3) is 3.26. The molecule has 0 rings (SSSR count). The highest BCUT2D eigenvalue weighted by atomic mass is 16.5. The van der Waals surface area contributed by atoms with Crippen molar-refractivity contribution in [2.75, 3.05) is 13.7 Å². The van der Waals surface area contributed by atoms with Crippen molar-refractivity contribution in [1.82, 2.24) is 0 Å². The fourth-order valence-corrected chi connectivity index (χ4v) is 0.185. The van der Waals surface area contributed by atoms with Gasteiger partial charge in [0.25, 0.3) is 0 Å². The molecule has 0 aliphatic heterocycles. The molecule has 0 amide bonds. The molecule has 3 heteroatoms. The summed E-state index contributed by atoms with van der Waals surface area (Å²) in [4.78, 5) is 9.99. The molecule has 0 aromatic carbocycles. The predicted octanol–water partition coefficient (Wildman–Crippen LogP) is -1.09. The second kappa shape index (κ2) is 3.61. The van der Waals surface area contributed by atoms with Crippen molar-refractivity contribution in [3.05, 3.63) is 0 Å². The van der Waals surface area contributed by atoms with E-state index in [1.54, 1.807) is 0 Å². The number of methoxy groups -OCH3 is 1. The number of carbonyl (C=O) groups is 1. The zero-order chi connectivity index (χ0) is 5.70. The third-order valence-corrected chi connectivity index (χ3v) is 0.534. The molecule has 0 aromatic rings. The standard InChI is InChI=1S/C4H7O3/c1-7-4(6)2-3-5/h2-3H2,1H3/q-1. The van der Waals surface area contributed by atoms with Crippen molar-refractivity contribution in [3.8, 4) is 0 Å². The zero-order valence-corrected chi connectivity index (χ0v) is 4.14. The first kappa shape index (κ1) is 6.43. The van der Waals surface area contributed by atoms with Crippen LogP contribution in [0.15, 0.2) is 0 Å². The normalized spacial score (nSPS) is 8.29. The average Bonchev–Trinajstić information content (AvgIpc) is 1.68. The van der Waals surface area contributed by atoms with Gasteiger partial charge in [0.1, 0.15) is 0 Å². The largest absolute Gasteiger partial charge is 0.854 e. The fourth-order valence-electron chi connectivity index (χ4n) is 0.185. The Kier molecular flexibility index (Phi) is 3.32. The van der Waals surface area contributed by atoms with E-state index < -0.39 is 5.97 Å². The Bertz CT molecular complexity index is 60.0. The summed E-state index contributed by atoms with van der Waals surface area (Å²) in [5.74, 6) is -0.435. The molecule has 0 radical (unpaired) electrons. The smallest absolute Gasteiger partial charge is 0.304 e. The van der Waals surface area contributed by atoms with Crippen molar-refractivity contribution in [2.24, 2.45) is 0 Å². The van der Waals surface area contributed by atoms with Crippen molar-refractivity contribution in [1.29, 1.82) is 0 Å². The Morgan fingerprint density at radius 1 is 1.86 bits per heavy atom. The molecule has 0 aliphatic carbocycles. The van der Waals surface area contributed by atoms with E-state index in [1.807, 2.05) is 0 Å². The van der Waals surface area contributed by atoms with Crippen LogP contribution in [0.3, 0.4) is 0 Å². The van der Waals surface area contributed by atoms with Crippen LogP contribution in [0.1, 0.15) is 6.42 Å². The average molecular weight is 103 g/mol. The van der Waals surface area contributed by atoms with Gasteiger partial charge in [0.15, 0.2) is 0 Å². The Balaban J connectivity index is 3.00. The Morgan fingerprint density at radius 3 is 2.57 bits per heavy atom. The summed E-state index contributed by atoms with van der Waals surface area (Å²) in [5.41, 5.74) is 0. The molecule has 0 saturated carbocycles. The van der Waals surface area contributed by atoms with E-state index in [0.717, 1.165) is 0 Å². The van der Waals surface area contributed by atoms with Gasteiger partial charge in [-0.1, -0.05) is 0 Å². The van der Waals surface area contributed by atoms with Crippen LogP contribution in [0.25, 0.3) is 0 Å². The maximum atomic E-state index is 9.99. The van der Waals surface area contributed by atoms with Crippen molar-refractivity contribution in [3.63, 3.8) is 0 Å². The van der Waals surface area contributed by atoms with E-state index in [2.05, 4.69) is 4.74 Å². The van der Waals surface area contributed by atoms with Crippen LogP contribution in [0.4, 0.5) is 0 Å². The molecule has 0 spiro atoms. The number of carbonyl (C=O) groups excluding carboxylic acids is 1. The first-order chi connectivity index (χ1) is 3.31. The van der Waals surface area contributed by atoms with Crippen LogP contribution in [0.5, 0.6) is 0 Å². The van der Waals surface area contributed by atoms with Gasteiger partial charge in [-0.05, 0) is 0 Å². The highest BCUT2D eigenvalue weighted by molar-refractivity contribution is 5.69. The summed E-state index contributed by atoms with van der Waals surface area (Å²) in [6.07, 6.45) is -0.0174. The molecule has 42 valence electrons. The summed E-state index contributed by atoms with van der Waals surface area (Å²) in [6, 6.07) is 0. The molecular formula is C4H7O3-. The van der Waals surface area contributed by atoms with E-state index >= 15 is 0 Å². The van der Waals surface area contributed by atoms with Gasteiger partial charge in [-0.25, -0.2) is 0 Å². The minimum Gasteiger partial charge on any atom is -0.854 e. The fraction of sp³-hybridized carbons (Fsp3) is 0.750. The van der Waals surface area contributed by atoms with Gasteiger partial charge in [-0.2, -0.15) is 0 Å². The van der Waals surface area contributed by atoms with Gasteiger partial charge in [0, 0.05) is 6.42 Å². The predicted molar refractivity (Wildman–Crippen MR) is 21.5 cm³/mol. The highest BCUT2D eigenvalue weighted by Crippen LogP contribution is 1.76. The lowest BCUT2D eigenvalue weighted by Gasteiger charge is -1.98. The quantitative estimate of drug-likeness (QED) is 0.417. The molecule has 0 saturated heterocycles. The van der Waals surface area contributed by atoms with E-state index in [1.165, 1.54) is 7.11 Å². The van der Waals surface area contributed by atoms with E-state index in [-0.39, 0.29) is 13.0 Å². The maximum Gasteiger partial charge on any atom is 0.304 e. The molecule has 0 atom stereocenters. The molecule has 0 unspecified atom stereocenters. The zero-order valence-electron chi connectivity index (χ0n) is 4.14. The molecule has 3 nitrogen and oxygen atoms in total. The Hall–Kier alpha value is -0.570. The van der Waals surface area contributed by atoms with Crippen molar-refractivity contribution in [2.45, 2.75) is 6.42 Å². The van der Waals surface area contributed by atoms with Gasteiger partial charge in [0.2, 0.25) is 0 Å². The Labute approximate surface area is 41.9 Å². The molecule has 7 heavy (non-hydrogen) atoms. The summed E-state index contributed by atoms with van der Waals surface area (Å²) in [7, 11) is 1.26. The molecule has 0 fully saturated rings. The number of ether oxygens (including phenoxy) is 1. The lowest BCUT2D eigenvalue weighted by molar-refractivity contribution is -0.366. The second-order valence-corrected chi connectivity index (χ2v) is 1.03. The number of esters is 1. The first-order valence-corrected chi connectivity index (χ1v) is 1.96. The van der Waals surface area contributed by atoms with E-state index in [0.29, 0.717) is 0 Å². The van der Waals surface area contributed by atoms with Gasteiger partial charge < -0.3 is 9.84 Å². The lowest BCUT2D eigenvalue weighted by atomic mass is 10.5. The molecule has 0 aliphatic rings. The topological polar surface area (TPSA) is 49.4 Å². The van der Waals surface area contributed by atoms with Gasteiger partial charge >= 0.3 is 5.97 Å². The Morgan fingerprint density at radius 2 is 2.43 bits per heavy atom. The van der Waals surface area contributed by atoms with Gasteiger partial charge in [-0.3, -0.25) is 4.79 Å². The van der Waals surface area contributed by atoms with Crippen LogP contribution in [0.2, 0.25) is 0 Å². The summed E-state index contributed by atoms with van der Waals surface area (Å²) >= 11 is 0. The summed E-state index contributed by atoms with van der Waals surface area (Å²) < 4.78 is 4.15. The highest BCUT2D eigenvalue weighted by Gasteiger charge is 1.89. The second-order valence-electron chi connectivity index (χ2n) is 1.03. The van der Waals surface area contributed by atoms with Crippen LogP contribution in [-0.4, -0.2) is 19.7 Å². The first-order valence-electron chi connectivity index (χ1n) is 1.96. The van der Waals surface area contributed by atoms with Crippen LogP contribution in [0, 0.1) is 0 Å². The number of hydrogen-bond donors (Lipinski definition) is 0. The molecule has 0 aromatic heterocycles. The van der Waals surface area contributed by atoms with Gasteiger partial charge in [-0.15, -0.1) is 6.61 Å². The SMILES string of the molecule is COC(=O)CC[O-]. The van der Waals surface area contributed by atoms with Crippen LogP contribution < -0.4 is 5.11 Å². The summed E-state index contributed by atoms with van der Waals surface area (Å²) in [6.45, 7) is -0.382. The lowest BCUT2D eigenvalue weighted by Crippen LogP contribution is -2.12. The van der Waals surface area contributed by atoms with E-state index in [4.69, 9.17) is 0 Å². The van der Waals surface area contributed by atoms with Gasteiger partial charge in [0.05, 0.1) is 7.11 Å². The summed E-state index contributed by atoms with van der Waals surface area (Å²) in [5, 5.41) is 9.60. The number of rotatable bonds is 2. The van der Waals surface area contributed by atoms with Crippen LogP contribution >= 0.6 is 0 Å². The third-order valence-electron chi connectivity index (χ3n) is 0.534. The molecule has 0 N–H and O–H groups in total. The number of hydrogen-bond acceptors (Lipinski definition) is 3. The molecule has 0 bridgehead atoms.